The third-order valence-corrected chi connectivity index (χ3v) is 2.51. The highest BCUT2D eigenvalue weighted by Crippen LogP contribution is 2.28. The van der Waals surface area contributed by atoms with Gasteiger partial charge in [-0.3, -0.25) is 4.79 Å². The molecule has 0 radical (unpaired) electrons. The van der Waals surface area contributed by atoms with Crippen LogP contribution in [0.3, 0.4) is 0 Å². The summed E-state index contributed by atoms with van der Waals surface area (Å²) in [4.78, 5) is 11.7. The first kappa shape index (κ1) is 11.8. The zero-order valence-corrected chi connectivity index (χ0v) is 9.96. The third-order valence-electron chi connectivity index (χ3n) is 2.38. The van der Waals surface area contributed by atoms with E-state index in [-0.39, 0.29) is 12.5 Å². The van der Waals surface area contributed by atoms with E-state index in [9.17, 15) is 4.79 Å². The number of nitrogens with one attached hydrogen (secondary N) is 2. The first-order valence-corrected chi connectivity index (χ1v) is 5.65. The van der Waals surface area contributed by atoms with Crippen LogP contribution in [0.4, 0.5) is 5.69 Å². The predicted molar refractivity (Wildman–Crippen MR) is 67.4 cm³/mol. The fraction of sp³-hybridized carbons (Fsp3) is 0.250. The number of anilines is 1. The second kappa shape index (κ2) is 5.10. The summed E-state index contributed by atoms with van der Waals surface area (Å²) >= 11 is 5.58. The number of rotatable bonds is 3. The molecule has 1 heterocycles. The predicted octanol–water partition coefficient (Wildman–Crippen LogP) is 1.73. The smallest absolute Gasteiger partial charge is 0.263 e. The van der Waals surface area contributed by atoms with Crippen LogP contribution >= 0.6 is 11.6 Å². The molecule has 4 nitrogen and oxygen atoms in total. The standard InChI is InChI=1S/C12H13ClN2O2/c1-8(13)6-15-12(16)11-7-14-9-4-2-3-5-10(9)17-11/h2-5,11,14H,1,6-7H2,(H,15,16). The molecular weight excluding hydrogens is 240 g/mol. The van der Waals surface area contributed by atoms with Gasteiger partial charge in [-0.1, -0.05) is 30.3 Å². The van der Waals surface area contributed by atoms with Gasteiger partial charge in [0, 0.05) is 5.03 Å². The summed E-state index contributed by atoms with van der Waals surface area (Å²) in [6.07, 6.45) is -0.541. The summed E-state index contributed by atoms with van der Waals surface area (Å²) < 4.78 is 5.58. The zero-order valence-electron chi connectivity index (χ0n) is 9.20. The molecule has 0 saturated carbocycles. The van der Waals surface area contributed by atoms with Crippen molar-refractivity contribution >= 4 is 23.2 Å². The van der Waals surface area contributed by atoms with Crippen molar-refractivity contribution in [2.45, 2.75) is 6.10 Å². The maximum atomic E-state index is 11.7. The quantitative estimate of drug-likeness (QED) is 0.861. The molecule has 5 heteroatoms. The van der Waals surface area contributed by atoms with E-state index in [1.807, 2.05) is 24.3 Å². The Balaban J connectivity index is 1.97. The van der Waals surface area contributed by atoms with E-state index in [0.29, 0.717) is 17.3 Å². The van der Waals surface area contributed by atoms with Crippen LogP contribution in [0.1, 0.15) is 0 Å². The molecule has 0 aromatic heterocycles. The van der Waals surface area contributed by atoms with Gasteiger partial charge in [-0.05, 0) is 12.1 Å². The van der Waals surface area contributed by atoms with Crippen LogP contribution in [0.2, 0.25) is 0 Å². The van der Waals surface area contributed by atoms with E-state index in [1.54, 1.807) is 0 Å². The molecule has 1 aliphatic heterocycles. The first-order chi connectivity index (χ1) is 8.16. The van der Waals surface area contributed by atoms with Gasteiger partial charge < -0.3 is 15.4 Å². The van der Waals surface area contributed by atoms with Gasteiger partial charge in [0.25, 0.3) is 5.91 Å². The fourth-order valence-electron chi connectivity index (χ4n) is 1.56. The molecule has 0 fully saturated rings. The Kier molecular flexibility index (Phi) is 3.54. The van der Waals surface area contributed by atoms with Gasteiger partial charge in [-0.25, -0.2) is 0 Å². The molecule has 0 aliphatic carbocycles. The van der Waals surface area contributed by atoms with E-state index in [1.165, 1.54) is 0 Å². The number of carbonyl (C=O) groups excluding carboxylic acids is 1. The van der Waals surface area contributed by atoms with Crippen LogP contribution in [0.5, 0.6) is 5.75 Å². The molecule has 0 spiro atoms. The number of benzene rings is 1. The average Bonchev–Trinajstić information content (AvgIpc) is 2.35. The second-order valence-electron chi connectivity index (χ2n) is 3.72. The van der Waals surface area contributed by atoms with Crippen molar-refractivity contribution in [3.05, 3.63) is 35.9 Å². The number of ether oxygens (including phenoxy) is 1. The van der Waals surface area contributed by atoms with E-state index in [2.05, 4.69) is 17.2 Å². The van der Waals surface area contributed by atoms with Gasteiger partial charge in [0.05, 0.1) is 18.8 Å². The molecule has 1 amide bonds. The number of carbonyl (C=O) groups is 1. The number of hydrogen-bond donors (Lipinski definition) is 2. The zero-order chi connectivity index (χ0) is 12.3. The van der Waals surface area contributed by atoms with E-state index in [4.69, 9.17) is 16.3 Å². The van der Waals surface area contributed by atoms with Crippen molar-refractivity contribution in [3.63, 3.8) is 0 Å². The molecule has 1 aromatic rings. The normalized spacial score (nSPS) is 17.4. The minimum atomic E-state index is -0.541. The van der Waals surface area contributed by atoms with E-state index < -0.39 is 6.10 Å². The number of fused-ring (bicyclic) bond motifs is 1. The summed E-state index contributed by atoms with van der Waals surface area (Å²) in [6, 6.07) is 7.50. The number of amides is 1. The number of halogens is 1. The molecule has 2 rings (SSSR count). The van der Waals surface area contributed by atoms with Crippen LogP contribution in [0.15, 0.2) is 35.9 Å². The van der Waals surface area contributed by atoms with Gasteiger partial charge in [0.15, 0.2) is 6.10 Å². The third kappa shape index (κ3) is 2.91. The highest BCUT2D eigenvalue weighted by Gasteiger charge is 2.25. The molecular formula is C12H13ClN2O2. The van der Waals surface area contributed by atoms with Crippen LogP contribution in [-0.4, -0.2) is 25.1 Å². The molecule has 0 bridgehead atoms. The molecule has 1 aliphatic rings. The fourth-order valence-corrected chi connectivity index (χ4v) is 1.62. The van der Waals surface area contributed by atoms with Gasteiger partial charge in [-0.15, -0.1) is 0 Å². The molecule has 90 valence electrons. The molecule has 1 aromatic carbocycles. The summed E-state index contributed by atoms with van der Waals surface area (Å²) in [5.74, 6) is 0.484. The van der Waals surface area contributed by atoms with Crippen molar-refractivity contribution in [2.75, 3.05) is 18.4 Å². The first-order valence-electron chi connectivity index (χ1n) is 5.27. The molecule has 2 N–H and O–H groups in total. The van der Waals surface area contributed by atoms with Gasteiger partial charge in [0.2, 0.25) is 0 Å². The Morgan fingerprint density at radius 3 is 3.12 bits per heavy atom. The Morgan fingerprint density at radius 2 is 2.35 bits per heavy atom. The summed E-state index contributed by atoms with van der Waals surface area (Å²) in [7, 11) is 0. The maximum Gasteiger partial charge on any atom is 0.263 e. The number of hydrogen-bond acceptors (Lipinski definition) is 3. The van der Waals surface area contributed by atoms with Crippen molar-refractivity contribution in [1.82, 2.24) is 5.32 Å². The van der Waals surface area contributed by atoms with E-state index in [0.717, 1.165) is 5.69 Å². The SMILES string of the molecule is C=C(Cl)CNC(=O)C1CNc2ccccc2O1. The molecule has 1 atom stereocenters. The second-order valence-corrected chi connectivity index (χ2v) is 4.25. The maximum absolute atomic E-state index is 11.7. The van der Waals surface area contributed by atoms with Crippen molar-refractivity contribution in [2.24, 2.45) is 0 Å². The van der Waals surface area contributed by atoms with Crippen LogP contribution in [0.25, 0.3) is 0 Å². The Bertz CT molecular complexity index is 448. The average molecular weight is 253 g/mol. The Hall–Kier alpha value is -1.68. The molecule has 17 heavy (non-hydrogen) atoms. The summed E-state index contributed by atoms with van der Waals surface area (Å²) in [5.41, 5.74) is 0.901. The van der Waals surface area contributed by atoms with Gasteiger partial charge in [0.1, 0.15) is 5.75 Å². The van der Waals surface area contributed by atoms with Crippen LogP contribution in [0, 0.1) is 0 Å². The summed E-state index contributed by atoms with van der Waals surface area (Å²) in [5, 5.41) is 6.18. The van der Waals surface area contributed by atoms with Gasteiger partial charge >= 0.3 is 0 Å². The number of para-hydroxylation sites is 2. The lowest BCUT2D eigenvalue weighted by atomic mass is 10.2. The Morgan fingerprint density at radius 1 is 1.59 bits per heavy atom. The topological polar surface area (TPSA) is 50.4 Å². The lowest BCUT2D eigenvalue weighted by molar-refractivity contribution is -0.127. The molecule has 0 saturated heterocycles. The van der Waals surface area contributed by atoms with Crippen molar-refractivity contribution < 1.29 is 9.53 Å². The molecule has 1 unspecified atom stereocenters. The van der Waals surface area contributed by atoms with Crippen LogP contribution in [-0.2, 0) is 4.79 Å². The Labute approximate surface area is 105 Å². The monoisotopic (exact) mass is 252 g/mol. The minimum absolute atomic E-state index is 0.200. The minimum Gasteiger partial charge on any atom is -0.477 e. The highest BCUT2D eigenvalue weighted by molar-refractivity contribution is 6.29. The highest BCUT2D eigenvalue weighted by atomic mass is 35.5. The van der Waals surface area contributed by atoms with Gasteiger partial charge in [-0.2, -0.15) is 0 Å². The van der Waals surface area contributed by atoms with Crippen molar-refractivity contribution in [3.8, 4) is 5.75 Å². The van der Waals surface area contributed by atoms with E-state index >= 15 is 0 Å². The lowest BCUT2D eigenvalue weighted by Crippen LogP contribution is -2.45. The van der Waals surface area contributed by atoms with Crippen molar-refractivity contribution in [1.29, 1.82) is 0 Å². The van der Waals surface area contributed by atoms with Crippen LogP contribution < -0.4 is 15.4 Å². The summed E-state index contributed by atoms with van der Waals surface area (Å²) in [6.45, 7) is 4.20. The largest absolute Gasteiger partial charge is 0.477 e. The lowest BCUT2D eigenvalue weighted by Gasteiger charge is -2.26.